The highest BCUT2D eigenvalue weighted by Gasteiger charge is 2.36. The zero-order valence-electron chi connectivity index (χ0n) is 14.2. The number of carbonyl (C=O) groups is 1. The molecule has 2 saturated heterocycles. The highest BCUT2D eigenvalue weighted by atomic mass is 19.1. The molecular weight excluding hydrogens is 309 g/mol. The van der Waals surface area contributed by atoms with E-state index in [9.17, 15) is 9.18 Å². The molecular formula is C18H26FN3O2. The van der Waals surface area contributed by atoms with Gasteiger partial charge in [-0.1, -0.05) is 12.1 Å². The van der Waals surface area contributed by atoms with Gasteiger partial charge in [-0.05, 0) is 44.0 Å². The van der Waals surface area contributed by atoms with Gasteiger partial charge in [0.15, 0.2) is 0 Å². The first kappa shape index (κ1) is 17.2. The number of nitrogens with zero attached hydrogens (tertiary/aromatic N) is 2. The van der Waals surface area contributed by atoms with Crippen LogP contribution in [0.4, 0.5) is 9.18 Å². The van der Waals surface area contributed by atoms with E-state index in [0.717, 1.165) is 51.1 Å². The number of ether oxygens (including phenoxy) is 1. The van der Waals surface area contributed by atoms with Crippen molar-refractivity contribution in [3.63, 3.8) is 0 Å². The minimum absolute atomic E-state index is 0.00772. The van der Waals surface area contributed by atoms with Gasteiger partial charge in [-0.2, -0.15) is 0 Å². The zero-order valence-corrected chi connectivity index (χ0v) is 14.2. The summed E-state index contributed by atoms with van der Waals surface area (Å²) in [6.07, 6.45) is 2.71. The predicted molar refractivity (Wildman–Crippen MR) is 90.5 cm³/mol. The Morgan fingerprint density at radius 2 is 2.29 bits per heavy atom. The summed E-state index contributed by atoms with van der Waals surface area (Å²) in [5.74, 6) is -0.210. The minimum atomic E-state index is -0.210. The van der Waals surface area contributed by atoms with E-state index in [1.54, 1.807) is 12.1 Å². The average molecular weight is 335 g/mol. The molecule has 2 atom stereocenters. The van der Waals surface area contributed by atoms with E-state index in [-0.39, 0.29) is 18.0 Å². The molecule has 2 amide bonds. The van der Waals surface area contributed by atoms with Crippen LogP contribution in [0.1, 0.15) is 18.4 Å². The number of hydrogen-bond donors (Lipinski definition) is 1. The third-order valence-corrected chi connectivity index (χ3v) is 4.96. The van der Waals surface area contributed by atoms with Gasteiger partial charge in [-0.3, -0.25) is 4.90 Å². The Hall–Kier alpha value is -1.66. The number of likely N-dealkylation sites (tertiary alicyclic amines) is 1. The number of likely N-dealkylation sites (N-methyl/N-ethyl adjacent to an activating group) is 1. The van der Waals surface area contributed by atoms with Crippen molar-refractivity contribution >= 4 is 6.03 Å². The molecule has 0 unspecified atom stereocenters. The summed E-state index contributed by atoms with van der Waals surface area (Å²) in [7, 11) is 2.10. The van der Waals surface area contributed by atoms with Crippen molar-refractivity contribution in [2.45, 2.75) is 31.4 Å². The molecule has 0 radical (unpaired) electrons. The quantitative estimate of drug-likeness (QED) is 0.855. The normalized spacial score (nSPS) is 24.5. The first-order valence-corrected chi connectivity index (χ1v) is 8.72. The Bertz CT molecular complexity index is 569. The second kappa shape index (κ2) is 7.94. The first-order valence-electron chi connectivity index (χ1n) is 8.72. The van der Waals surface area contributed by atoms with E-state index in [0.29, 0.717) is 12.6 Å². The van der Waals surface area contributed by atoms with Gasteiger partial charge in [-0.15, -0.1) is 0 Å². The number of aryl methyl sites for hydroxylation is 1. The summed E-state index contributed by atoms with van der Waals surface area (Å²) in [5.41, 5.74) is 0.964. The van der Waals surface area contributed by atoms with Crippen LogP contribution in [0.3, 0.4) is 0 Å². The Kier molecular flexibility index (Phi) is 5.68. The van der Waals surface area contributed by atoms with Crippen molar-refractivity contribution in [2.24, 2.45) is 0 Å². The highest BCUT2D eigenvalue weighted by Crippen LogP contribution is 2.21. The van der Waals surface area contributed by atoms with E-state index >= 15 is 0 Å². The molecule has 24 heavy (non-hydrogen) atoms. The van der Waals surface area contributed by atoms with Crippen LogP contribution in [0.25, 0.3) is 0 Å². The number of hydrogen-bond acceptors (Lipinski definition) is 3. The smallest absolute Gasteiger partial charge is 0.317 e. The first-order chi connectivity index (χ1) is 11.6. The number of morpholine rings is 1. The number of fused-ring (bicyclic) bond motifs is 1. The summed E-state index contributed by atoms with van der Waals surface area (Å²) >= 11 is 0. The third-order valence-electron chi connectivity index (χ3n) is 4.96. The molecule has 0 aliphatic carbocycles. The van der Waals surface area contributed by atoms with Crippen molar-refractivity contribution in [2.75, 3.05) is 39.8 Å². The average Bonchev–Trinajstić information content (AvgIpc) is 2.59. The minimum Gasteiger partial charge on any atom is -0.375 e. The lowest BCUT2D eigenvalue weighted by Gasteiger charge is -2.45. The summed E-state index contributed by atoms with van der Waals surface area (Å²) in [5, 5.41) is 2.98. The van der Waals surface area contributed by atoms with Crippen molar-refractivity contribution in [1.29, 1.82) is 0 Å². The molecule has 1 aromatic carbocycles. The standard InChI is InChI=1S/C18H26FN3O2/c1-21-10-11-24-17-7-9-22(13-16(17)21)18(23)20-8-3-5-14-4-2-6-15(19)12-14/h2,4,6,12,16-17H,3,5,7-11,13H2,1H3,(H,20,23)/t16-,17-/m0/s1. The predicted octanol–water partition coefficient (Wildman–Crippen LogP) is 1.87. The number of urea groups is 1. The van der Waals surface area contributed by atoms with Gasteiger partial charge in [0.2, 0.25) is 0 Å². The van der Waals surface area contributed by atoms with E-state index in [1.807, 2.05) is 11.0 Å². The van der Waals surface area contributed by atoms with Crippen molar-refractivity contribution in [3.8, 4) is 0 Å². The van der Waals surface area contributed by atoms with Crippen LogP contribution in [-0.4, -0.2) is 67.8 Å². The fourth-order valence-electron chi connectivity index (χ4n) is 3.52. The molecule has 0 spiro atoms. The maximum atomic E-state index is 13.1. The van der Waals surface area contributed by atoms with E-state index in [2.05, 4.69) is 17.3 Å². The summed E-state index contributed by atoms with van der Waals surface area (Å²) in [6, 6.07) is 6.91. The number of carbonyl (C=O) groups excluding carboxylic acids is 1. The molecule has 0 bridgehead atoms. The largest absolute Gasteiger partial charge is 0.375 e. The Labute approximate surface area is 142 Å². The molecule has 0 saturated carbocycles. The number of halogens is 1. The molecule has 1 N–H and O–H groups in total. The topological polar surface area (TPSA) is 44.8 Å². The summed E-state index contributed by atoms with van der Waals surface area (Å²) in [4.78, 5) is 16.5. The summed E-state index contributed by atoms with van der Waals surface area (Å²) < 4.78 is 18.9. The molecule has 2 fully saturated rings. The molecule has 0 aromatic heterocycles. The van der Waals surface area contributed by atoms with Gasteiger partial charge in [0, 0.05) is 26.2 Å². The van der Waals surface area contributed by atoms with Gasteiger partial charge in [0.05, 0.1) is 18.8 Å². The van der Waals surface area contributed by atoms with Crippen LogP contribution in [0.15, 0.2) is 24.3 Å². The second-order valence-electron chi connectivity index (χ2n) is 6.66. The van der Waals surface area contributed by atoms with E-state index in [1.165, 1.54) is 6.07 Å². The second-order valence-corrected chi connectivity index (χ2v) is 6.66. The Morgan fingerprint density at radius 3 is 3.12 bits per heavy atom. The van der Waals surface area contributed by atoms with E-state index in [4.69, 9.17) is 4.74 Å². The molecule has 132 valence electrons. The van der Waals surface area contributed by atoms with Crippen LogP contribution in [0.5, 0.6) is 0 Å². The van der Waals surface area contributed by atoms with Gasteiger partial charge in [-0.25, -0.2) is 9.18 Å². The molecule has 1 aromatic rings. The van der Waals surface area contributed by atoms with Crippen LogP contribution in [0, 0.1) is 5.82 Å². The zero-order chi connectivity index (χ0) is 16.9. The van der Waals surface area contributed by atoms with Crippen molar-refractivity contribution in [1.82, 2.24) is 15.1 Å². The van der Waals surface area contributed by atoms with Crippen LogP contribution >= 0.6 is 0 Å². The van der Waals surface area contributed by atoms with Crippen molar-refractivity contribution < 1.29 is 13.9 Å². The molecule has 5 nitrogen and oxygen atoms in total. The number of benzene rings is 1. The van der Waals surface area contributed by atoms with Crippen molar-refractivity contribution in [3.05, 3.63) is 35.6 Å². The fourth-order valence-corrected chi connectivity index (χ4v) is 3.52. The monoisotopic (exact) mass is 335 g/mol. The number of amides is 2. The molecule has 6 heteroatoms. The SMILES string of the molecule is CN1CCO[C@H]2CCN(C(=O)NCCCc3cccc(F)c3)C[C@@H]21. The molecule has 3 rings (SSSR count). The van der Waals surface area contributed by atoms with Crippen LogP contribution < -0.4 is 5.32 Å². The number of piperidine rings is 1. The van der Waals surface area contributed by atoms with Crippen LogP contribution in [0.2, 0.25) is 0 Å². The fraction of sp³-hybridized carbons (Fsp3) is 0.611. The number of rotatable bonds is 4. The molecule has 2 aliphatic rings. The lowest BCUT2D eigenvalue weighted by molar-refractivity contribution is -0.0881. The summed E-state index contributed by atoms with van der Waals surface area (Å²) in [6.45, 7) is 3.77. The van der Waals surface area contributed by atoms with Gasteiger partial charge < -0.3 is 15.0 Å². The third kappa shape index (κ3) is 4.24. The van der Waals surface area contributed by atoms with Crippen LogP contribution in [-0.2, 0) is 11.2 Å². The Morgan fingerprint density at radius 1 is 1.42 bits per heavy atom. The Balaban J connectivity index is 1.40. The molecule has 2 heterocycles. The lowest BCUT2D eigenvalue weighted by Crippen LogP contribution is -2.60. The van der Waals surface area contributed by atoms with E-state index < -0.39 is 0 Å². The molecule has 2 aliphatic heterocycles. The maximum absolute atomic E-state index is 13.1. The van der Waals surface area contributed by atoms with Gasteiger partial charge in [0.25, 0.3) is 0 Å². The maximum Gasteiger partial charge on any atom is 0.317 e. The number of nitrogens with one attached hydrogen (secondary N) is 1. The van der Waals surface area contributed by atoms with Gasteiger partial charge in [0.1, 0.15) is 5.82 Å². The van der Waals surface area contributed by atoms with Gasteiger partial charge >= 0.3 is 6.03 Å². The lowest BCUT2D eigenvalue weighted by atomic mass is 9.99. The highest BCUT2D eigenvalue weighted by molar-refractivity contribution is 5.74.